The lowest BCUT2D eigenvalue weighted by Gasteiger charge is -2.40. The first-order valence-electron chi connectivity index (χ1n) is 32.1. The van der Waals surface area contributed by atoms with Gasteiger partial charge in [0.15, 0.2) is 6.29 Å². The van der Waals surface area contributed by atoms with Crippen LogP contribution in [0.25, 0.3) is 0 Å². The second kappa shape index (κ2) is 55.3. The number of hydrogen-bond donors (Lipinski definition) is 6. The van der Waals surface area contributed by atoms with Gasteiger partial charge in [0, 0.05) is 12.8 Å². The summed E-state index contributed by atoms with van der Waals surface area (Å²) in [5.74, 6) is -0.213. The average molecular weight is 1090 g/mol. The van der Waals surface area contributed by atoms with Gasteiger partial charge in [0.2, 0.25) is 5.91 Å². The van der Waals surface area contributed by atoms with Gasteiger partial charge in [-0.15, -0.1) is 0 Å². The molecule has 1 amide bonds. The number of esters is 1. The minimum absolute atomic E-state index is 0.0132. The minimum atomic E-state index is -1.58. The molecule has 7 atom stereocenters. The van der Waals surface area contributed by atoms with Crippen molar-refractivity contribution in [3.63, 3.8) is 0 Å². The van der Waals surface area contributed by atoms with Gasteiger partial charge in [0.1, 0.15) is 24.4 Å². The van der Waals surface area contributed by atoms with Gasteiger partial charge >= 0.3 is 5.97 Å². The van der Waals surface area contributed by atoms with Gasteiger partial charge in [-0.3, -0.25) is 9.59 Å². The SMILES string of the molecule is CCCCC/C=C/CC/C=C/C(O)C(COC1OC(CO)C(O)C(O)C1O)NC(=O)CCCCCCCCCC/C=C\CCCCCCCCCCCCCCOC(=O)CCCCCCC/C=C\C/C=C\CCCCCC. The molecule has 0 saturated carbocycles. The zero-order valence-corrected chi connectivity index (χ0v) is 49.4. The van der Waals surface area contributed by atoms with Crippen LogP contribution in [-0.4, -0.2) is 100 Å². The molecule has 77 heavy (non-hydrogen) atoms. The first kappa shape index (κ1) is 72.4. The third-order valence-corrected chi connectivity index (χ3v) is 14.8. The Kier molecular flexibility index (Phi) is 52.0. The third kappa shape index (κ3) is 44.8. The number of carbonyl (C=O) groups excluding carboxylic acids is 2. The first-order valence-corrected chi connectivity index (χ1v) is 32.1. The molecule has 11 heteroatoms. The summed E-state index contributed by atoms with van der Waals surface area (Å²) in [7, 11) is 0. The highest BCUT2D eigenvalue weighted by molar-refractivity contribution is 5.76. The molecule has 448 valence electrons. The predicted molar refractivity (Wildman–Crippen MR) is 320 cm³/mol. The Bertz CT molecular complexity index is 1460. The van der Waals surface area contributed by atoms with Crippen LogP contribution in [0.3, 0.4) is 0 Å². The molecule has 7 unspecified atom stereocenters. The van der Waals surface area contributed by atoms with E-state index in [0.29, 0.717) is 19.4 Å². The van der Waals surface area contributed by atoms with Gasteiger partial charge < -0.3 is 45.1 Å². The molecule has 0 aromatic rings. The molecule has 0 radical (unpaired) electrons. The van der Waals surface area contributed by atoms with Gasteiger partial charge in [-0.2, -0.15) is 0 Å². The molecule has 1 rings (SSSR count). The molecule has 1 fully saturated rings. The number of carbonyl (C=O) groups is 2. The number of amides is 1. The van der Waals surface area contributed by atoms with Crippen LogP contribution in [0.1, 0.15) is 284 Å². The van der Waals surface area contributed by atoms with Crippen LogP contribution >= 0.6 is 0 Å². The normalized spacial score (nSPS) is 19.0. The van der Waals surface area contributed by atoms with Crippen molar-refractivity contribution < 1.29 is 49.3 Å². The number of ether oxygens (including phenoxy) is 3. The Labute approximate surface area is 471 Å². The largest absolute Gasteiger partial charge is 0.466 e. The maximum absolute atomic E-state index is 13.0. The molecule has 11 nitrogen and oxygen atoms in total. The van der Waals surface area contributed by atoms with Crippen molar-refractivity contribution in [2.75, 3.05) is 19.8 Å². The summed E-state index contributed by atoms with van der Waals surface area (Å²) in [6, 6.07) is -0.831. The Balaban J connectivity index is 1.98. The fourth-order valence-electron chi connectivity index (χ4n) is 9.71. The number of aliphatic hydroxyl groups is 5. The molecular weight excluding hydrogens is 967 g/mol. The number of unbranched alkanes of at least 4 members (excludes halogenated alkanes) is 33. The van der Waals surface area contributed by atoms with Crippen molar-refractivity contribution >= 4 is 11.9 Å². The maximum Gasteiger partial charge on any atom is 0.305 e. The van der Waals surface area contributed by atoms with Crippen LogP contribution in [0.5, 0.6) is 0 Å². The number of nitrogens with one attached hydrogen (secondary N) is 1. The topological polar surface area (TPSA) is 175 Å². The van der Waals surface area contributed by atoms with Crippen LogP contribution in [0.2, 0.25) is 0 Å². The van der Waals surface area contributed by atoms with Crippen molar-refractivity contribution in [1.82, 2.24) is 5.32 Å². The maximum atomic E-state index is 13.0. The van der Waals surface area contributed by atoms with E-state index in [-0.39, 0.29) is 18.5 Å². The Hall–Kier alpha value is -2.64. The van der Waals surface area contributed by atoms with Crippen molar-refractivity contribution in [2.24, 2.45) is 0 Å². The zero-order chi connectivity index (χ0) is 55.9. The molecular formula is C66H119NO10. The van der Waals surface area contributed by atoms with E-state index in [1.807, 2.05) is 6.08 Å². The van der Waals surface area contributed by atoms with Crippen molar-refractivity contribution in [3.05, 3.63) is 60.8 Å². The summed E-state index contributed by atoms with van der Waals surface area (Å²) in [5.41, 5.74) is 0. The van der Waals surface area contributed by atoms with Gasteiger partial charge in [0.25, 0.3) is 0 Å². The molecule has 0 spiro atoms. The predicted octanol–water partition coefficient (Wildman–Crippen LogP) is 15.4. The molecule has 1 aliphatic heterocycles. The molecule has 0 bridgehead atoms. The van der Waals surface area contributed by atoms with E-state index in [1.165, 1.54) is 173 Å². The summed E-state index contributed by atoms with van der Waals surface area (Å²) in [4.78, 5) is 25.1. The molecule has 0 aromatic heterocycles. The number of allylic oxidation sites excluding steroid dienone is 9. The van der Waals surface area contributed by atoms with E-state index in [1.54, 1.807) is 6.08 Å². The lowest BCUT2D eigenvalue weighted by molar-refractivity contribution is -0.302. The standard InChI is InChI=1S/C66H119NO10/c1-3-5-7-9-11-13-14-15-16-28-31-34-38-42-46-50-54-62(71)75-55-51-47-43-39-35-32-29-26-24-22-20-18-17-19-21-23-25-27-30-33-37-41-45-49-53-61(70)67-58(59(69)52-48-44-40-36-12-10-8-6-4-2)57-76-66-65(74)64(73)63(72)60(56-68)77-66/h12-14,16,19,21,28,36,48,52,58-60,63-66,68-69,72-74H,3-11,15,17-18,20,22-27,29-35,37-47,49-51,53-57H2,1-2H3,(H,67,70)/b14-13-,21-19-,28-16-,36-12+,52-48+. The fraction of sp³-hybridized carbons (Fsp3) is 0.818. The van der Waals surface area contributed by atoms with Gasteiger partial charge in [-0.25, -0.2) is 0 Å². The van der Waals surface area contributed by atoms with Gasteiger partial charge in [-0.1, -0.05) is 229 Å². The summed E-state index contributed by atoms with van der Waals surface area (Å²) in [6.07, 6.45) is 62.0. The van der Waals surface area contributed by atoms with Crippen LogP contribution in [-0.2, 0) is 23.8 Å². The lowest BCUT2D eigenvalue weighted by Crippen LogP contribution is -2.60. The highest BCUT2D eigenvalue weighted by atomic mass is 16.7. The first-order chi connectivity index (χ1) is 37.7. The quantitative estimate of drug-likeness (QED) is 0.0195. The van der Waals surface area contributed by atoms with E-state index < -0.39 is 49.5 Å². The number of hydrogen-bond acceptors (Lipinski definition) is 10. The van der Waals surface area contributed by atoms with Crippen molar-refractivity contribution in [1.29, 1.82) is 0 Å². The monoisotopic (exact) mass is 1090 g/mol. The third-order valence-electron chi connectivity index (χ3n) is 14.8. The van der Waals surface area contributed by atoms with E-state index in [4.69, 9.17) is 14.2 Å². The Morgan fingerprint density at radius 2 is 0.883 bits per heavy atom. The van der Waals surface area contributed by atoms with Crippen LogP contribution in [0, 0.1) is 0 Å². The van der Waals surface area contributed by atoms with Gasteiger partial charge in [-0.05, 0) is 103 Å². The fourth-order valence-corrected chi connectivity index (χ4v) is 9.71. The summed E-state index contributed by atoms with van der Waals surface area (Å²) < 4.78 is 16.7. The molecule has 1 heterocycles. The summed E-state index contributed by atoms with van der Waals surface area (Å²) >= 11 is 0. The lowest BCUT2D eigenvalue weighted by atomic mass is 9.99. The van der Waals surface area contributed by atoms with E-state index in [0.717, 1.165) is 83.5 Å². The molecule has 0 aromatic carbocycles. The highest BCUT2D eigenvalue weighted by Gasteiger charge is 2.44. The minimum Gasteiger partial charge on any atom is -0.466 e. The summed E-state index contributed by atoms with van der Waals surface area (Å²) in [6.45, 7) is 4.25. The van der Waals surface area contributed by atoms with Crippen molar-refractivity contribution in [2.45, 2.75) is 326 Å². The summed E-state index contributed by atoms with van der Waals surface area (Å²) in [5, 5.41) is 54.2. The highest BCUT2D eigenvalue weighted by Crippen LogP contribution is 2.23. The Morgan fingerprint density at radius 1 is 0.481 bits per heavy atom. The molecule has 6 N–H and O–H groups in total. The number of rotatable bonds is 55. The van der Waals surface area contributed by atoms with Crippen LogP contribution in [0.4, 0.5) is 0 Å². The number of aliphatic hydroxyl groups excluding tert-OH is 5. The van der Waals surface area contributed by atoms with E-state index >= 15 is 0 Å². The van der Waals surface area contributed by atoms with Crippen LogP contribution < -0.4 is 5.32 Å². The second-order valence-corrected chi connectivity index (χ2v) is 22.1. The molecule has 0 aliphatic carbocycles. The molecule has 1 aliphatic rings. The second-order valence-electron chi connectivity index (χ2n) is 22.1. The van der Waals surface area contributed by atoms with E-state index in [9.17, 15) is 35.1 Å². The Morgan fingerprint density at radius 3 is 1.39 bits per heavy atom. The van der Waals surface area contributed by atoms with E-state index in [2.05, 4.69) is 67.8 Å². The zero-order valence-electron chi connectivity index (χ0n) is 49.4. The van der Waals surface area contributed by atoms with Crippen molar-refractivity contribution in [3.8, 4) is 0 Å². The molecule has 1 saturated heterocycles. The van der Waals surface area contributed by atoms with Gasteiger partial charge in [0.05, 0.1) is 32.0 Å². The van der Waals surface area contributed by atoms with Crippen LogP contribution in [0.15, 0.2) is 60.8 Å². The smallest absolute Gasteiger partial charge is 0.305 e. The average Bonchev–Trinajstić information content (AvgIpc) is 3.43.